The van der Waals surface area contributed by atoms with Gasteiger partial charge in [0.1, 0.15) is 11.6 Å². The second kappa shape index (κ2) is 5.40. The molecule has 0 aliphatic carbocycles. The number of hydrogen-bond acceptors (Lipinski definition) is 4. The highest BCUT2D eigenvalue weighted by molar-refractivity contribution is 5.51. The van der Waals surface area contributed by atoms with Crippen LogP contribution in [0.15, 0.2) is 36.7 Å². The van der Waals surface area contributed by atoms with E-state index in [-0.39, 0.29) is 0 Å². The summed E-state index contributed by atoms with van der Waals surface area (Å²) in [6.07, 6.45) is 3.38. The first-order valence-electron chi connectivity index (χ1n) is 6.31. The predicted molar refractivity (Wildman–Crippen MR) is 72.2 cm³/mol. The molecule has 1 saturated heterocycles. The van der Waals surface area contributed by atoms with Gasteiger partial charge in [0.05, 0.1) is 12.2 Å². The Kier molecular flexibility index (Phi) is 3.45. The van der Waals surface area contributed by atoms with Gasteiger partial charge in [-0.2, -0.15) is 0 Å². The molecule has 3 rings (SSSR count). The van der Waals surface area contributed by atoms with Crippen molar-refractivity contribution in [1.82, 2.24) is 9.97 Å². The molecular weight excluding hydrogens is 262 g/mol. The summed E-state index contributed by atoms with van der Waals surface area (Å²) in [4.78, 5) is 12.1. The summed E-state index contributed by atoms with van der Waals surface area (Å²) in [6.45, 7) is 3.72. The SMILES string of the molecule is Fc1ccc(N2[CH]CN(c3ncccn3)CC2)c(F)c1. The van der Waals surface area contributed by atoms with Crippen LogP contribution in [0, 0.1) is 18.2 Å². The first-order valence-corrected chi connectivity index (χ1v) is 6.31. The monoisotopic (exact) mass is 275 g/mol. The summed E-state index contributed by atoms with van der Waals surface area (Å²) in [7, 11) is 0. The van der Waals surface area contributed by atoms with Crippen LogP contribution < -0.4 is 9.80 Å². The molecule has 103 valence electrons. The Morgan fingerprint density at radius 2 is 1.85 bits per heavy atom. The van der Waals surface area contributed by atoms with Crippen LogP contribution in [0.2, 0.25) is 0 Å². The predicted octanol–water partition coefficient (Wildman–Crippen LogP) is 2.24. The van der Waals surface area contributed by atoms with Crippen molar-refractivity contribution in [2.24, 2.45) is 0 Å². The number of benzene rings is 1. The first kappa shape index (κ1) is 12.8. The average Bonchev–Trinajstić information content (AvgIpc) is 2.48. The lowest BCUT2D eigenvalue weighted by molar-refractivity contribution is 0.577. The molecule has 0 spiro atoms. The summed E-state index contributed by atoms with van der Waals surface area (Å²) >= 11 is 0. The van der Waals surface area contributed by atoms with E-state index in [1.807, 2.05) is 11.4 Å². The fraction of sp³-hybridized carbons (Fsp3) is 0.214. The molecule has 2 aromatic rings. The van der Waals surface area contributed by atoms with Crippen molar-refractivity contribution in [2.45, 2.75) is 0 Å². The molecule has 2 heterocycles. The minimum Gasteiger partial charge on any atom is -0.360 e. The zero-order valence-corrected chi connectivity index (χ0v) is 10.7. The Labute approximate surface area is 115 Å². The average molecular weight is 275 g/mol. The number of aromatic nitrogens is 2. The highest BCUT2D eigenvalue weighted by Gasteiger charge is 2.21. The maximum atomic E-state index is 13.7. The van der Waals surface area contributed by atoms with Gasteiger partial charge in [0.15, 0.2) is 0 Å². The Balaban J connectivity index is 1.69. The largest absolute Gasteiger partial charge is 0.360 e. The number of anilines is 2. The van der Waals surface area contributed by atoms with E-state index in [9.17, 15) is 8.78 Å². The molecule has 1 radical (unpaired) electrons. The molecule has 0 amide bonds. The van der Waals surface area contributed by atoms with Crippen LogP contribution in [0.4, 0.5) is 20.4 Å². The third-order valence-corrected chi connectivity index (χ3v) is 3.19. The standard InChI is InChI=1S/C14H13F2N4/c15-11-2-3-13(12(16)10-11)19-6-8-20(9-7-19)14-17-4-1-5-18-14/h1-6,10H,7-9H2. The fourth-order valence-corrected chi connectivity index (χ4v) is 2.18. The minimum atomic E-state index is -0.567. The Bertz CT molecular complexity index is 583. The van der Waals surface area contributed by atoms with Crippen molar-refractivity contribution in [3.8, 4) is 0 Å². The number of piperazine rings is 1. The van der Waals surface area contributed by atoms with Crippen LogP contribution in [0.5, 0.6) is 0 Å². The second-order valence-corrected chi connectivity index (χ2v) is 4.47. The van der Waals surface area contributed by atoms with Crippen molar-refractivity contribution in [3.05, 3.63) is 54.8 Å². The molecule has 0 saturated carbocycles. The fourth-order valence-electron chi connectivity index (χ4n) is 2.18. The summed E-state index contributed by atoms with van der Waals surface area (Å²) in [5.74, 6) is -0.462. The topological polar surface area (TPSA) is 32.3 Å². The lowest BCUT2D eigenvalue weighted by atomic mass is 10.2. The van der Waals surface area contributed by atoms with E-state index < -0.39 is 11.6 Å². The van der Waals surface area contributed by atoms with E-state index in [1.165, 1.54) is 12.1 Å². The van der Waals surface area contributed by atoms with E-state index in [0.717, 1.165) is 6.07 Å². The molecule has 1 aromatic carbocycles. The molecule has 4 nitrogen and oxygen atoms in total. The molecular formula is C14H13F2N4. The highest BCUT2D eigenvalue weighted by atomic mass is 19.1. The molecule has 0 atom stereocenters. The van der Waals surface area contributed by atoms with Crippen LogP contribution in [-0.2, 0) is 0 Å². The van der Waals surface area contributed by atoms with Gasteiger partial charge in [-0.05, 0) is 18.2 Å². The van der Waals surface area contributed by atoms with Gasteiger partial charge >= 0.3 is 0 Å². The molecule has 0 unspecified atom stereocenters. The van der Waals surface area contributed by atoms with Crippen LogP contribution >= 0.6 is 0 Å². The summed E-state index contributed by atoms with van der Waals surface area (Å²) in [6, 6.07) is 5.38. The summed E-state index contributed by atoms with van der Waals surface area (Å²) in [5.41, 5.74) is 0.389. The van der Waals surface area contributed by atoms with Crippen LogP contribution in [0.1, 0.15) is 0 Å². The van der Waals surface area contributed by atoms with Gasteiger partial charge in [0.2, 0.25) is 5.95 Å². The summed E-state index contributed by atoms with van der Waals surface area (Å²) in [5, 5.41) is 0. The second-order valence-electron chi connectivity index (χ2n) is 4.47. The Hall–Kier alpha value is -2.24. The van der Waals surface area contributed by atoms with Gasteiger partial charge in [-0.15, -0.1) is 0 Å². The molecule has 1 aromatic heterocycles. The number of hydrogen-bond donors (Lipinski definition) is 0. The van der Waals surface area contributed by atoms with Gasteiger partial charge in [-0.25, -0.2) is 18.7 Å². The van der Waals surface area contributed by atoms with Gasteiger partial charge in [-0.3, -0.25) is 0 Å². The molecule has 6 heteroatoms. The molecule has 0 bridgehead atoms. The van der Waals surface area contributed by atoms with E-state index >= 15 is 0 Å². The molecule has 20 heavy (non-hydrogen) atoms. The maximum Gasteiger partial charge on any atom is 0.225 e. The zero-order chi connectivity index (χ0) is 13.9. The van der Waals surface area contributed by atoms with E-state index in [4.69, 9.17) is 0 Å². The Morgan fingerprint density at radius 3 is 2.50 bits per heavy atom. The Morgan fingerprint density at radius 1 is 1.05 bits per heavy atom. The summed E-state index contributed by atoms with van der Waals surface area (Å²) < 4.78 is 26.6. The zero-order valence-electron chi connectivity index (χ0n) is 10.7. The van der Waals surface area contributed by atoms with Crippen molar-refractivity contribution in [1.29, 1.82) is 0 Å². The highest BCUT2D eigenvalue weighted by Crippen LogP contribution is 2.23. The lowest BCUT2D eigenvalue weighted by Gasteiger charge is -2.35. The van der Waals surface area contributed by atoms with Gasteiger partial charge in [0, 0.05) is 38.1 Å². The van der Waals surface area contributed by atoms with Crippen molar-refractivity contribution < 1.29 is 8.78 Å². The first-order chi connectivity index (χ1) is 9.74. The third-order valence-electron chi connectivity index (χ3n) is 3.19. The quantitative estimate of drug-likeness (QED) is 0.841. The molecule has 0 N–H and O–H groups in total. The maximum absolute atomic E-state index is 13.7. The van der Waals surface area contributed by atoms with E-state index in [1.54, 1.807) is 23.4 Å². The van der Waals surface area contributed by atoms with Crippen molar-refractivity contribution >= 4 is 11.6 Å². The molecule has 1 aliphatic rings. The van der Waals surface area contributed by atoms with Crippen LogP contribution in [0.25, 0.3) is 0 Å². The van der Waals surface area contributed by atoms with Gasteiger partial charge in [-0.1, -0.05) is 0 Å². The van der Waals surface area contributed by atoms with E-state index in [0.29, 0.717) is 31.3 Å². The number of rotatable bonds is 2. The minimum absolute atomic E-state index is 0.389. The van der Waals surface area contributed by atoms with Crippen LogP contribution in [-0.4, -0.2) is 29.6 Å². The van der Waals surface area contributed by atoms with Crippen molar-refractivity contribution in [2.75, 3.05) is 29.4 Å². The molecule has 1 fully saturated rings. The smallest absolute Gasteiger partial charge is 0.225 e. The van der Waals surface area contributed by atoms with Crippen molar-refractivity contribution in [3.63, 3.8) is 0 Å². The third kappa shape index (κ3) is 2.54. The normalized spacial score (nSPS) is 15.5. The number of halogens is 2. The van der Waals surface area contributed by atoms with Gasteiger partial charge in [0.25, 0.3) is 0 Å². The lowest BCUT2D eigenvalue weighted by Crippen LogP contribution is -2.44. The molecule has 1 aliphatic heterocycles. The number of nitrogens with zero attached hydrogens (tertiary/aromatic N) is 4. The van der Waals surface area contributed by atoms with E-state index in [2.05, 4.69) is 9.97 Å². The van der Waals surface area contributed by atoms with Gasteiger partial charge < -0.3 is 9.80 Å². The van der Waals surface area contributed by atoms with Crippen LogP contribution in [0.3, 0.4) is 0 Å².